The first kappa shape index (κ1) is 19.4. The highest BCUT2D eigenvalue weighted by Gasteiger charge is 2.34. The Kier molecular flexibility index (Phi) is 6.81. The largest absolute Gasteiger partial charge is 0.494 e. The summed E-state index contributed by atoms with van der Waals surface area (Å²) in [6, 6.07) is 11.2. The van der Waals surface area contributed by atoms with Gasteiger partial charge in [0.25, 0.3) is 0 Å². The van der Waals surface area contributed by atoms with Gasteiger partial charge in [0.05, 0.1) is 24.5 Å². The lowest BCUT2D eigenvalue weighted by Gasteiger charge is -2.17. The van der Waals surface area contributed by atoms with Gasteiger partial charge in [-0.2, -0.15) is 11.8 Å². The van der Waals surface area contributed by atoms with E-state index in [1.165, 1.54) is 0 Å². The molecule has 1 N–H and O–H groups in total. The maximum absolute atomic E-state index is 12.4. The molecule has 1 atom stereocenters. The van der Waals surface area contributed by atoms with Gasteiger partial charge < -0.3 is 19.4 Å². The van der Waals surface area contributed by atoms with Gasteiger partial charge in [0.1, 0.15) is 11.5 Å². The molecule has 0 saturated carbocycles. The highest BCUT2D eigenvalue weighted by atomic mass is 32.2. The first-order valence-corrected chi connectivity index (χ1v) is 10.2. The van der Waals surface area contributed by atoms with Crippen LogP contribution in [-0.2, 0) is 15.3 Å². The van der Waals surface area contributed by atoms with Gasteiger partial charge in [-0.15, -0.1) is 0 Å². The summed E-state index contributed by atoms with van der Waals surface area (Å²) < 4.78 is 10.7. The lowest BCUT2D eigenvalue weighted by atomic mass is 10.1. The van der Waals surface area contributed by atoms with Crippen molar-refractivity contribution in [3.05, 3.63) is 48.4 Å². The van der Waals surface area contributed by atoms with E-state index < -0.39 is 0 Å². The smallest absolute Gasteiger partial charge is 0.227 e. The molecular weight excluding hydrogens is 364 g/mol. The van der Waals surface area contributed by atoms with Gasteiger partial charge in [0.2, 0.25) is 11.8 Å². The van der Waals surface area contributed by atoms with E-state index in [1.54, 1.807) is 22.9 Å². The van der Waals surface area contributed by atoms with Gasteiger partial charge in [0, 0.05) is 31.0 Å². The van der Waals surface area contributed by atoms with Gasteiger partial charge in [-0.25, -0.2) is 0 Å². The van der Waals surface area contributed by atoms with Gasteiger partial charge >= 0.3 is 0 Å². The number of nitrogens with one attached hydrogen (secondary N) is 1. The summed E-state index contributed by atoms with van der Waals surface area (Å²) in [6.07, 6.45) is 1.91. The van der Waals surface area contributed by atoms with Crippen LogP contribution in [0.3, 0.4) is 0 Å². The molecule has 6 nitrogen and oxygen atoms in total. The zero-order valence-corrected chi connectivity index (χ0v) is 16.2. The Balaban J connectivity index is 1.42. The fourth-order valence-corrected chi connectivity index (χ4v) is 3.74. The number of carbonyl (C=O) groups excluding carboxylic acids is 2. The summed E-state index contributed by atoms with van der Waals surface area (Å²) in [7, 11) is 0. The highest BCUT2D eigenvalue weighted by Crippen LogP contribution is 2.27. The molecule has 7 heteroatoms. The first-order chi connectivity index (χ1) is 13.2. The molecule has 0 unspecified atom stereocenters. The van der Waals surface area contributed by atoms with Crippen LogP contribution in [0.5, 0.6) is 5.75 Å². The molecule has 144 valence electrons. The van der Waals surface area contributed by atoms with Crippen molar-refractivity contribution < 1.29 is 18.7 Å². The molecule has 1 aliphatic rings. The van der Waals surface area contributed by atoms with Crippen molar-refractivity contribution in [3.8, 4) is 5.75 Å². The van der Waals surface area contributed by atoms with E-state index in [2.05, 4.69) is 5.32 Å². The van der Waals surface area contributed by atoms with Crippen LogP contribution in [-0.4, -0.2) is 37.3 Å². The standard InChI is InChI=1S/C20H24N2O4S/c1-2-25-17-7-5-16(6-8-17)22-13-15(12-19(22)23)20(24)21-9-11-27-14-18-4-3-10-26-18/h3-8,10,15H,2,9,11-14H2,1H3,(H,21,24)/t15-/m1/s1. The Bertz CT molecular complexity index is 746. The number of hydrogen-bond donors (Lipinski definition) is 1. The second kappa shape index (κ2) is 9.50. The Morgan fingerprint density at radius 2 is 2.15 bits per heavy atom. The summed E-state index contributed by atoms with van der Waals surface area (Å²) >= 11 is 1.70. The molecule has 1 aromatic heterocycles. The van der Waals surface area contributed by atoms with Crippen molar-refractivity contribution in [2.45, 2.75) is 19.1 Å². The molecule has 2 aromatic rings. The number of rotatable bonds is 9. The molecule has 27 heavy (non-hydrogen) atoms. The monoisotopic (exact) mass is 388 g/mol. The van der Waals surface area contributed by atoms with Crippen LogP contribution in [0.4, 0.5) is 5.69 Å². The number of anilines is 1. The van der Waals surface area contributed by atoms with Crippen molar-refractivity contribution in [1.29, 1.82) is 0 Å². The average molecular weight is 388 g/mol. The Labute approximate surface area is 163 Å². The second-order valence-corrected chi connectivity index (χ2v) is 7.36. The zero-order valence-electron chi connectivity index (χ0n) is 15.3. The van der Waals surface area contributed by atoms with Crippen LogP contribution >= 0.6 is 11.8 Å². The number of hydrogen-bond acceptors (Lipinski definition) is 5. The number of benzene rings is 1. The lowest BCUT2D eigenvalue weighted by Crippen LogP contribution is -2.34. The number of amides is 2. The molecule has 1 fully saturated rings. The third-order valence-corrected chi connectivity index (χ3v) is 5.31. The summed E-state index contributed by atoms with van der Waals surface area (Å²) in [4.78, 5) is 26.3. The Morgan fingerprint density at radius 3 is 2.85 bits per heavy atom. The second-order valence-electron chi connectivity index (χ2n) is 6.26. The first-order valence-electron chi connectivity index (χ1n) is 9.08. The van der Waals surface area contributed by atoms with Crippen molar-refractivity contribution in [3.63, 3.8) is 0 Å². The predicted molar refractivity (Wildman–Crippen MR) is 106 cm³/mol. The fraction of sp³-hybridized carbons (Fsp3) is 0.400. The minimum Gasteiger partial charge on any atom is -0.494 e. The average Bonchev–Trinajstić information content (AvgIpc) is 3.32. The molecule has 1 aromatic carbocycles. The molecule has 1 saturated heterocycles. The maximum Gasteiger partial charge on any atom is 0.227 e. The molecule has 2 heterocycles. The fourth-order valence-electron chi connectivity index (χ4n) is 2.98. The number of furan rings is 1. The number of carbonyl (C=O) groups is 2. The third kappa shape index (κ3) is 5.29. The molecule has 3 rings (SSSR count). The molecule has 0 spiro atoms. The lowest BCUT2D eigenvalue weighted by molar-refractivity contribution is -0.126. The van der Waals surface area contributed by atoms with Crippen LogP contribution in [0.2, 0.25) is 0 Å². The van der Waals surface area contributed by atoms with Gasteiger partial charge in [-0.1, -0.05) is 0 Å². The van der Waals surface area contributed by atoms with Gasteiger partial charge in [-0.3, -0.25) is 9.59 Å². The predicted octanol–water partition coefficient (Wildman–Crippen LogP) is 3.08. The Morgan fingerprint density at radius 1 is 1.33 bits per heavy atom. The maximum atomic E-state index is 12.4. The van der Waals surface area contributed by atoms with E-state index in [9.17, 15) is 9.59 Å². The van der Waals surface area contributed by atoms with Crippen LogP contribution in [0, 0.1) is 5.92 Å². The summed E-state index contributed by atoms with van der Waals surface area (Å²) in [5, 5.41) is 2.93. The van der Waals surface area contributed by atoms with Crippen molar-refractivity contribution >= 4 is 29.3 Å². The topological polar surface area (TPSA) is 71.8 Å². The molecule has 0 radical (unpaired) electrons. The van der Waals surface area contributed by atoms with Crippen LogP contribution in [0.15, 0.2) is 47.1 Å². The number of nitrogens with zero attached hydrogens (tertiary/aromatic N) is 1. The van der Waals surface area contributed by atoms with E-state index >= 15 is 0 Å². The van der Waals surface area contributed by atoms with Gasteiger partial charge in [0.15, 0.2) is 0 Å². The molecular formula is C20H24N2O4S. The van der Waals surface area contributed by atoms with Crippen molar-refractivity contribution in [2.24, 2.45) is 5.92 Å². The van der Waals surface area contributed by atoms with E-state index in [0.29, 0.717) is 19.7 Å². The van der Waals surface area contributed by atoms with Gasteiger partial charge in [-0.05, 0) is 43.3 Å². The summed E-state index contributed by atoms with van der Waals surface area (Å²) in [5.41, 5.74) is 0.799. The molecule has 1 aliphatic heterocycles. The SMILES string of the molecule is CCOc1ccc(N2C[C@H](C(=O)NCCSCc3ccco3)CC2=O)cc1. The van der Waals surface area contributed by atoms with E-state index in [-0.39, 0.29) is 24.2 Å². The zero-order chi connectivity index (χ0) is 19.1. The minimum absolute atomic E-state index is 0.0218. The number of ether oxygens (including phenoxy) is 1. The van der Waals surface area contributed by atoms with Crippen molar-refractivity contribution in [1.82, 2.24) is 5.32 Å². The van der Waals surface area contributed by atoms with Crippen LogP contribution < -0.4 is 15.0 Å². The van der Waals surface area contributed by atoms with E-state index in [1.807, 2.05) is 43.3 Å². The van der Waals surface area contributed by atoms with Crippen molar-refractivity contribution in [2.75, 3.05) is 30.3 Å². The summed E-state index contributed by atoms with van der Waals surface area (Å²) in [5.74, 6) is 2.90. The number of thioether (sulfide) groups is 1. The third-order valence-electron chi connectivity index (χ3n) is 4.33. The molecule has 0 bridgehead atoms. The normalized spacial score (nSPS) is 16.6. The molecule has 0 aliphatic carbocycles. The summed E-state index contributed by atoms with van der Waals surface area (Å²) in [6.45, 7) is 3.52. The van der Waals surface area contributed by atoms with E-state index in [0.717, 1.165) is 28.7 Å². The highest BCUT2D eigenvalue weighted by molar-refractivity contribution is 7.98. The Hall–Kier alpha value is -2.41. The quantitative estimate of drug-likeness (QED) is 0.669. The van der Waals surface area contributed by atoms with Crippen LogP contribution in [0.1, 0.15) is 19.1 Å². The van der Waals surface area contributed by atoms with E-state index in [4.69, 9.17) is 9.15 Å². The molecule has 2 amide bonds. The van der Waals surface area contributed by atoms with Crippen LogP contribution in [0.25, 0.3) is 0 Å². The minimum atomic E-state index is -0.306.